The molecule has 1 amide bonds. The smallest absolute Gasteiger partial charge is 0.251 e. The molecule has 2 aromatic rings. The molecule has 22 heavy (non-hydrogen) atoms. The van der Waals surface area contributed by atoms with E-state index in [2.05, 4.69) is 10.6 Å². The summed E-state index contributed by atoms with van der Waals surface area (Å²) in [6, 6.07) is 13.0. The van der Waals surface area contributed by atoms with Gasteiger partial charge in [-0.2, -0.15) is 0 Å². The molecular formula is C18H20N2O2. The number of hydrogen-bond acceptors (Lipinski definition) is 3. The molecule has 2 N–H and O–H groups in total. The van der Waals surface area contributed by atoms with Gasteiger partial charge in [-0.05, 0) is 48.9 Å². The number of fused-ring (bicyclic) bond motifs is 3. The van der Waals surface area contributed by atoms with Gasteiger partial charge in [-0.1, -0.05) is 12.1 Å². The highest BCUT2D eigenvalue weighted by atomic mass is 16.5. The summed E-state index contributed by atoms with van der Waals surface area (Å²) in [5.41, 5.74) is 0.712. The minimum absolute atomic E-state index is 0.0177. The van der Waals surface area contributed by atoms with E-state index in [4.69, 9.17) is 4.74 Å². The number of rotatable bonds is 3. The number of carbonyl (C=O) groups excluding carboxylic acids is 1. The van der Waals surface area contributed by atoms with Crippen LogP contribution in [0.15, 0.2) is 36.4 Å². The van der Waals surface area contributed by atoms with Gasteiger partial charge in [0.2, 0.25) is 0 Å². The van der Waals surface area contributed by atoms with Crippen molar-refractivity contribution in [3.8, 4) is 5.75 Å². The fourth-order valence-corrected chi connectivity index (χ4v) is 3.81. The lowest BCUT2D eigenvalue weighted by Gasteiger charge is -2.21. The maximum Gasteiger partial charge on any atom is 0.251 e. The van der Waals surface area contributed by atoms with Crippen molar-refractivity contribution in [3.05, 3.63) is 42.0 Å². The van der Waals surface area contributed by atoms with Crippen LogP contribution in [0.5, 0.6) is 5.75 Å². The van der Waals surface area contributed by atoms with Crippen LogP contribution in [-0.2, 0) is 0 Å². The van der Waals surface area contributed by atoms with E-state index in [1.165, 1.54) is 12.8 Å². The van der Waals surface area contributed by atoms with Crippen LogP contribution in [0.4, 0.5) is 0 Å². The average molecular weight is 296 g/mol. The van der Waals surface area contributed by atoms with Crippen molar-refractivity contribution in [2.75, 3.05) is 7.11 Å². The molecule has 2 aliphatic heterocycles. The van der Waals surface area contributed by atoms with E-state index < -0.39 is 0 Å². The van der Waals surface area contributed by atoms with Gasteiger partial charge in [0.1, 0.15) is 5.75 Å². The Morgan fingerprint density at radius 3 is 2.91 bits per heavy atom. The molecule has 3 atom stereocenters. The Balaban J connectivity index is 1.57. The molecule has 0 saturated carbocycles. The number of carbonyl (C=O) groups is 1. The van der Waals surface area contributed by atoms with Gasteiger partial charge in [0.05, 0.1) is 7.11 Å². The molecule has 0 radical (unpaired) electrons. The Labute approximate surface area is 129 Å². The number of amides is 1. The lowest BCUT2D eigenvalue weighted by atomic mass is 9.95. The van der Waals surface area contributed by atoms with Crippen LogP contribution in [0, 0.1) is 0 Å². The van der Waals surface area contributed by atoms with Crippen molar-refractivity contribution < 1.29 is 9.53 Å². The highest BCUT2D eigenvalue weighted by Gasteiger charge is 2.39. The fraction of sp³-hybridized carbons (Fsp3) is 0.389. The summed E-state index contributed by atoms with van der Waals surface area (Å²) in [5.74, 6) is 0.853. The first kappa shape index (κ1) is 13.6. The van der Waals surface area contributed by atoms with Crippen molar-refractivity contribution in [2.45, 2.75) is 37.4 Å². The topological polar surface area (TPSA) is 50.4 Å². The van der Waals surface area contributed by atoms with Crippen molar-refractivity contribution in [1.82, 2.24) is 10.6 Å². The molecule has 2 aliphatic rings. The zero-order valence-corrected chi connectivity index (χ0v) is 12.6. The fourth-order valence-electron chi connectivity index (χ4n) is 3.81. The van der Waals surface area contributed by atoms with Crippen molar-refractivity contribution in [3.63, 3.8) is 0 Å². The predicted molar refractivity (Wildman–Crippen MR) is 86.3 cm³/mol. The van der Waals surface area contributed by atoms with Crippen LogP contribution in [0.1, 0.15) is 29.6 Å². The van der Waals surface area contributed by atoms with Gasteiger partial charge in [0, 0.05) is 29.1 Å². The Morgan fingerprint density at radius 2 is 2.18 bits per heavy atom. The lowest BCUT2D eigenvalue weighted by molar-refractivity contribution is 0.0931. The van der Waals surface area contributed by atoms with Crippen LogP contribution >= 0.6 is 0 Å². The molecular weight excluding hydrogens is 276 g/mol. The first-order valence-corrected chi connectivity index (χ1v) is 7.88. The van der Waals surface area contributed by atoms with E-state index >= 15 is 0 Å². The Bertz CT molecular complexity index is 728. The molecule has 0 spiro atoms. The summed E-state index contributed by atoms with van der Waals surface area (Å²) in [7, 11) is 1.66. The second-order valence-electron chi connectivity index (χ2n) is 6.26. The van der Waals surface area contributed by atoms with E-state index in [0.717, 1.165) is 22.9 Å². The predicted octanol–water partition coefficient (Wildman–Crippen LogP) is 2.47. The third-order valence-electron chi connectivity index (χ3n) is 4.94. The molecule has 4 nitrogen and oxygen atoms in total. The highest BCUT2D eigenvalue weighted by molar-refractivity contribution is 6.00. The third-order valence-corrected chi connectivity index (χ3v) is 4.94. The van der Waals surface area contributed by atoms with Gasteiger partial charge in [0.25, 0.3) is 5.91 Å². The van der Waals surface area contributed by atoms with Gasteiger partial charge < -0.3 is 15.4 Å². The summed E-state index contributed by atoms with van der Waals surface area (Å²) >= 11 is 0. The zero-order valence-electron chi connectivity index (χ0n) is 12.6. The van der Waals surface area contributed by atoms with Crippen LogP contribution in [-0.4, -0.2) is 31.1 Å². The molecule has 4 heteroatoms. The van der Waals surface area contributed by atoms with Gasteiger partial charge >= 0.3 is 0 Å². The molecule has 114 valence electrons. The van der Waals surface area contributed by atoms with Gasteiger partial charge in [-0.3, -0.25) is 4.79 Å². The largest absolute Gasteiger partial charge is 0.496 e. The van der Waals surface area contributed by atoms with Crippen LogP contribution in [0.2, 0.25) is 0 Å². The monoisotopic (exact) mass is 296 g/mol. The molecule has 0 aliphatic carbocycles. The summed E-state index contributed by atoms with van der Waals surface area (Å²) in [6.45, 7) is 0. The standard InChI is InChI=1S/C18H20N2O2/c1-22-17-4-2-3-11-9-12(5-7-14(11)17)18(21)20-16-10-13-6-8-15(16)19-13/h2-5,7,9,13,15-16,19H,6,8,10H2,1H3,(H,20,21)/t13-,15+,16-/m1/s1. The highest BCUT2D eigenvalue weighted by Crippen LogP contribution is 2.29. The molecule has 4 rings (SSSR count). The summed E-state index contributed by atoms with van der Waals surface area (Å²) in [4.78, 5) is 12.5. The van der Waals surface area contributed by atoms with E-state index in [-0.39, 0.29) is 11.9 Å². The Hall–Kier alpha value is -2.07. The SMILES string of the molecule is COc1cccc2cc(C(=O)N[C@@H]3C[C@H]4CC[C@@H]3N4)ccc12. The zero-order chi connectivity index (χ0) is 15.1. The minimum Gasteiger partial charge on any atom is -0.496 e. The summed E-state index contributed by atoms with van der Waals surface area (Å²) in [5, 5.41) is 8.79. The van der Waals surface area contributed by atoms with E-state index in [0.29, 0.717) is 17.6 Å². The summed E-state index contributed by atoms with van der Waals surface area (Å²) < 4.78 is 5.36. The number of nitrogens with one attached hydrogen (secondary N) is 2. The maximum absolute atomic E-state index is 12.5. The first-order chi connectivity index (χ1) is 10.7. The molecule has 2 saturated heterocycles. The Kier molecular flexibility index (Phi) is 3.26. The van der Waals surface area contributed by atoms with Crippen LogP contribution in [0.3, 0.4) is 0 Å². The first-order valence-electron chi connectivity index (χ1n) is 7.88. The number of benzene rings is 2. The summed E-state index contributed by atoms with van der Waals surface area (Å²) in [6.07, 6.45) is 3.47. The van der Waals surface area contributed by atoms with Gasteiger partial charge in [-0.15, -0.1) is 0 Å². The van der Waals surface area contributed by atoms with Crippen LogP contribution < -0.4 is 15.4 Å². The second-order valence-corrected chi connectivity index (χ2v) is 6.26. The molecule has 2 aromatic carbocycles. The average Bonchev–Trinajstić information content (AvgIpc) is 3.16. The van der Waals surface area contributed by atoms with Gasteiger partial charge in [-0.25, -0.2) is 0 Å². The molecule has 2 fully saturated rings. The van der Waals surface area contributed by atoms with E-state index in [1.54, 1.807) is 7.11 Å². The lowest BCUT2D eigenvalue weighted by Crippen LogP contribution is -2.42. The van der Waals surface area contributed by atoms with Gasteiger partial charge in [0.15, 0.2) is 0 Å². The number of hydrogen-bond donors (Lipinski definition) is 2. The van der Waals surface area contributed by atoms with Crippen molar-refractivity contribution in [1.29, 1.82) is 0 Å². The van der Waals surface area contributed by atoms with Crippen LogP contribution in [0.25, 0.3) is 10.8 Å². The molecule has 2 heterocycles. The molecule has 0 aromatic heterocycles. The number of ether oxygens (including phenoxy) is 1. The third kappa shape index (κ3) is 2.24. The van der Waals surface area contributed by atoms with Crippen molar-refractivity contribution in [2.24, 2.45) is 0 Å². The Morgan fingerprint density at radius 1 is 1.27 bits per heavy atom. The second kappa shape index (κ2) is 5.29. The number of methoxy groups -OCH3 is 1. The normalized spacial score (nSPS) is 26.3. The minimum atomic E-state index is 0.0177. The van der Waals surface area contributed by atoms with Crippen molar-refractivity contribution >= 4 is 16.7 Å². The van der Waals surface area contributed by atoms with E-state index in [9.17, 15) is 4.79 Å². The maximum atomic E-state index is 12.5. The molecule has 0 unspecified atom stereocenters. The van der Waals surface area contributed by atoms with E-state index in [1.807, 2.05) is 36.4 Å². The molecule has 2 bridgehead atoms. The quantitative estimate of drug-likeness (QED) is 0.915.